The Hall–Kier alpha value is -1.66. The Morgan fingerprint density at radius 2 is 2.04 bits per heavy atom. The van der Waals surface area contributed by atoms with Crippen molar-refractivity contribution in [2.75, 3.05) is 18.6 Å². The molecule has 0 bridgehead atoms. The summed E-state index contributed by atoms with van der Waals surface area (Å²) >= 11 is 1.47. The quantitative estimate of drug-likeness (QED) is 0.872. The number of nitrogens with zero attached hydrogens (tertiary/aromatic N) is 1. The van der Waals surface area contributed by atoms with Crippen molar-refractivity contribution in [1.82, 2.24) is 10.3 Å². The molecule has 0 aliphatic carbocycles. The minimum absolute atomic E-state index is 0.185. The van der Waals surface area contributed by atoms with Gasteiger partial charge in [-0.3, -0.25) is 9.00 Å². The zero-order valence-corrected chi connectivity index (χ0v) is 15.1. The maximum Gasteiger partial charge on any atom is 0.254 e. The first kappa shape index (κ1) is 17.7. The van der Waals surface area contributed by atoms with Crippen LogP contribution in [0.2, 0.25) is 0 Å². The first-order valence-electron chi connectivity index (χ1n) is 7.25. The molecule has 1 heterocycles. The summed E-state index contributed by atoms with van der Waals surface area (Å²) in [4.78, 5) is 17.7. The number of benzene rings is 1. The molecule has 0 unspecified atom stereocenters. The number of hydrogen-bond donors (Lipinski definition) is 1. The summed E-state index contributed by atoms with van der Waals surface area (Å²) in [6.45, 7) is 4.53. The molecule has 1 aromatic heterocycles. The lowest BCUT2D eigenvalue weighted by atomic mass is 10.1. The molecular formula is C17H20N2O2S2. The van der Waals surface area contributed by atoms with E-state index in [-0.39, 0.29) is 5.91 Å². The lowest BCUT2D eigenvalue weighted by molar-refractivity contribution is 0.0952. The Bertz CT molecular complexity index is 732. The first-order chi connectivity index (χ1) is 11.0. The van der Waals surface area contributed by atoms with Gasteiger partial charge in [0.1, 0.15) is 5.03 Å². The Morgan fingerprint density at radius 1 is 1.26 bits per heavy atom. The van der Waals surface area contributed by atoms with Crippen LogP contribution in [-0.2, 0) is 10.8 Å². The Morgan fingerprint density at radius 3 is 2.74 bits per heavy atom. The van der Waals surface area contributed by atoms with Crippen molar-refractivity contribution in [2.24, 2.45) is 0 Å². The average Bonchev–Trinajstić information content (AvgIpc) is 2.51. The lowest BCUT2D eigenvalue weighted by Crippen LogP contribution is -2.28. The maximum absolute atomic E-state index is 12.3. The van der Waals surface area contributed by atoms with Gasteiger partial charge in [-0.15, -0.1) is 0 Å². The fraction of sp³-hybridized carbons (Fsp3) is 0.294. The summed E-state index contributed by atoms with van der Waals surface area (Å²) in [5.41, 5.74) is 2.99. The van der Waals surface area contributed by atoms with Crippen molar-refractivity contribution in [2.45, 2.75) is 23.8 Å². The fourth-order valence-corrected chi connectivity index (χ4v) is 3.31. The summed E-state index contributed by atoms with van der Waals surface area (Å²) in [5.74, 6) is 0.265. The highest BCUT2D eigenvalue weighted by Crippen LogP contribution is 2.29. The number of hydrogen-bond acceptors (Lipinski definition) is 4. The van der Waals surface area contributed by atoms with Crippen LogP contribution in [-0.4, -0.2) is 33.7 Å². The smallest absolute Gasteiger partial charge is 0.254 e. The van der Waals surface area contributed by atoms with Gasteiger partial charge in [0, 0.05) is 40.4 Å². The third-order valence-corrected chi connectivity index (χ3v) is 5.17. The third kappa shape index (κ3) is 5.18. The molecule has 1 aromatic carbocycles. The third-order valence-electron chi connectivity index (χ3n) is 3.38. The number of aromatic nitrogens is 1. The second-order valence-corrected chi connectivity index (χ2v) is 7.85. The van der Waals surface area contributed by atoms with Gasteiger partial charge in [0.2, 0.25) is 0 Å². The number of amides is 1. The molecule has 1 N–H and O–H groups in total. The van der Waals surface area contributed by atoms with Crippen LogP contribution in [0.1, 0.15) is 21.5 Å². The molecule has 6 heteroatoms. The van der Waals surface area contributed by atoms with Crippen LogP contribution >= 0.6 is 11.8 Å². The first-order valence-corrected chi connectivity index (χ1v) is 9.80. The molecule has 2 rings (SSSR count). The van der Waals surface area contributed by atoms with Crippen LogP contribution in [0.25, 0.3) is 0 Å². The normalized spacial score (nSPS) is 12.0. The van der Waals surface area contributed by atoms with Crippen molar-refractivity contribution in [1.29, 1.82) is 0 Å². The summed E-state index contributed by atoms with van der Waals surface area (Å²) < 4.78 is 11.1. The fourth-order valence-electron chi connectivity index (χ4n) is 1.94. The second kappa shape index (κ2) is 8.26. The number of carbonyl (C=O) groups excluding carboxylic acids is 1. The van der Waals surface area contributed by atoms with E-state index >= 15 is 0 Å². The van der Waals surface area contributed by atoms with Crippen molar-refractivity contribution < 1.29 is 9.00 Å². The number of aryl methyl sites for hydroxylation is 2. The van der Waals surface area contributed by atoms with E-state index in [2.05, 4.69) is 36.3 Å². The van der Waals surface area contributed by atoms with Crippen LogP contribution in [0.5, 0.6) is 0 Å². The Kier molecular flexibility index (Phi) is 6.36. The second-order valence-electron chi connectivity index (χ2n) is 5.24. The molecule has 0 saturated heterocycles. The van der Waals surface area contributed by atoms with Gasteiger partial charge in [-0.2, -0.15) is 0 Å². The highest BCUT2D eigenvalue weighted by Gasteiger charge is 2.13. The van der Waals surface area contributed by atoms with Crippen LogP contribution < -0.4 is 5.32 Å². The molecule has 0 spiro atoms. The Balaban J connectivity index is 2.15. The SMILES string of the molecule is Cc1ccc(Sc2ncccc2C(=O)NCC[S@@](C)=O)cc1C. The van der Waals surface area contributed by atoms with Gasteiger partial charge in [-0.25, -0.2) is 4.98 Å². The topological polar surface area (TPSA) is 59.1 Å². The summed E-state index contributed by atoms with van der Waals surface area (Å²) in [6.07, 6.45) is 3.30. The van der Waals surface area contributed by atoms with E-state index in [0.29, 0.717) is 22.9 Å². The summed E-state index contributed by atoms with van der Waals surface area (Å²) in [7, 11) is -0.916. The largest absolute Gasteiger partial charge is 0.351 e. The molecule has 0 fully saturated rings. The minimum Gasteiger partial charge on any atom is -0.351 e. The van der Waals surface area contributed by atoms with E-state index in [1.165, 1.54) is 22.9 Å². The monoisotopic (exact) mass is 348 g/mol. The predicted octanol–water partition coefficient (Wildman–Crippen LogP) is 2.96. The molecular weight excluding hydrogens is 328 g/mol. The van der Waals surface area contributed by atoms with Gasteiger partial charge in [-0.1, -0.05) is 17.8 Å². The zero-order valence-electron chi connectivity index (χ0n) is 13.5. The number of pyridine rings is 1. The molecule has 122 valence electrons. The van der Waals surface area contributed by atoms with Gasteiger partial charge in [-0.05, 0) is 49.2 Å². The number of rotatable bonds is 6. The Labute approximate surface area is 143 Å². The highest BCUT2D eigenvalue weighted by molar-refractivity contribution is 7.99. The molecule has 23 heavy (non-hydrogen) atoms. The van der Waals surface area contributed by atoms with Gasteiger partial charge in [0.05, 0.1) is 5.56 Å². The molecule has 2 aromatic rings. The van der Waals surface area contributed by atoms with E-state index in [9.17, 15) is 9.00 Å². The molecule has 0 radical (unpaired) electrons. The maximum atomic E-state index is 12.3. The van der Waals surface area contributed by atoms with E-state index < -0.39 is 10.8 Å². The molecule has 0 aliphatic heterocycles. The average molecular weight is 348 g/mol. The number of nitrogens with one attached hydrogen (secondary N) is 1. The zero-order chi connectivity index (χ0) is 16.8. The van der Waals surface area contributed by atoms with Crippen LogP contribution in [0.15, 0.2) is 46.5 Å². The van der Waals surface area contributed by atoms with Crippen LogP contribution in [0.4, 0.5) is 0 Å². The van der Waals surface area contributed by atoms with Crippen LogP contribution in [0.3, 0.4) is 0 Å². The van der Waals surface area contributed by atoms with E-state index in [1.54, 1.807) is 24.6 Å². The summed E-state index contributed by atoms with van der Waals surface area (Å²) in [6, 6.07) is 9.70. The van der Waals surface area contributed by atoms with Gasteiger partial charge >= 0.3 is 0 Å². The van der Waals surface area contributed by atoms with Crippen molar-refractivity contribution in [3.05, 3.63) is 53.2 Å². The van der Waals surface area contributed by atoms with E-state index in [1.807, 2.05) is 6.07 Å². The van der Waals surface area contributed by atoms with Crippen molar-refractivity contribution in [3.8, 4) is 0 Å². The van der Waals surface area contributed by atoms with E-state index in [4.69, 9.17) is 0 Å². The molecule has 1 atom stereocenters. The van der Waals surface area contributed by atoms with Crippen molar-refractivity contribution in [3.63, 3.8) is 0 Å². The molecule has 0 saturated carbocycles. The van der Waals surface area contributed by atoms with Gasteiger partial charge in [0.25, 0.3) is 5.91 Å². The summed E-state index contributed by atoms with van der Waals surface area (Å²) in [5, 5.41) is 3.46. The standard InChI is InChI=1S/C17H20N2O2S2/c1-12-6-7-14(11-13(12)2)22-17-15(5-4-8-19-17)16(20)18-9-10-23(3)21/h4-8,11H,9-10H2,1-3H3,(H,18,20)/t23-/m1/s1. The van der Waals surface area contributed by atoms with Crippen molar-refractivity contribution >= 4 is 28.5 Å². The predicted molar refractivity (Wildman–Crippen MR) is 95.5 cm³/mol. The van der Waals surface area contributed by atoms with Crippen LogP contribution in [0, 0.1) is 13.8 Å². The lowest BCUT2D eigenvalue weighted by Gasteiger charge is -2.09. The molecule has 0 aliphatic rings. The molecule has 1 amide bonds. The molecule has 4 nitrogen and oxygen atoms in total. The van der Waals surface area contributed by atoms with Gasteiger partial charge in [0.15, 0.2) is 0 Å². The minimum atomic E-state index is -0.916. The van der Waals surface area contributed by atoms with Gasteiger partial charge < -0.3 is 5.32 Å². The highest BCUT2D eigenvalue weighted by atomic mass is 32.2. The number of carbonyl (C=O) groups is 1. The van der Waals surface area contributed by atoms with E-state index in [0.717, 1.165) is 4.90 Å².